The molecule has 2 N–H and O–H groups in total. The molecule has 0 aliphatic heterocycles. The highest BCUT2D eigenvalue weighted by molar-refractivity contribution is 5.10. The Kier molecular flexibility index (Phi) is 5.55. The first-order chi connectivity index (χ1) is 9.63. The van der Waals surface area contributed by atoms with Crippen LogP contribution in [-0.2, 0) is 6.54 Å². The maximum atomic E-state index is 5.99. The van der Waals surface area contributed by atoms with Crippen LogP contribution in [0.25, 0.3) is 0 Å². The van der Waals surface area contributed by atoms with Crippen molar-refractivity contribution in [1.82, 2.24) is 9.88 Å². The van der Waals surface area contributed by atoms with Gasteiger partial charge in [0.15, 0.2) is 0 Å². The monoisotopic (exact) mass is 275 g/mol. The Balaban J connectivity index is 2.03. The second-order valence-electron chi connectivity index (χ2n) is 6.34. The number of aryl methyl sites for hydroxylation is 1. The third-order valence-corrected chi connectivity index (χ3v) is 4.87. The number of aromatic nitrogens is 1. The molecule has 3 unspecified atom stereocenters. The molecule has 1 aliphatic carbocycles. The molecular formula is C17H29N3. The van der Waals surface area contributed by atoms with Crippen molar-refractivity contribution in [3.8, 4) is 0 Å². The Bertz CT molecular complexity index is 418. The Morgan fingerprint density at radius 3 is 2.80 bits per heavy atom. The fraction of sp³-hybridized carbons (Fsp3) is 0.706. The Morgan fingerprint density at radius 2 is 2.15 bits per heavy atom. The molecule has 1 aromatic heterocycles. The van der Waals surface area contributed by atoms with Gasteiger partial charge in [0.05, 0.1) is 5.69 Å². The van der Waals surface area contributed by atoms with E-state index < -0.39 is 0 Å². The lowest BCUT2D eigenvalue weighted by atomic mass is 9.76. The number of hydrogen-bond acceptors (Lipinski definition) is 3. The SMILES string of the molecule is CCC1CCC(CN)C(N(C)Cc2cccc(C)n2)C1. The molecule has 112 valence electrons. The molecule has 2 rings (SSSR count). The Hall–Kier alpha value is -0.930. The second-order valence-corrected chi connectivity index (χ2v) is 6.34. The molecule has 1 fully saturated rings. The number of nitrogens with two attached hydrogens (primary N) is 1. The summed E-state index contributed by atoms with van der Waals surface area (Å²) in [6, 6.07) is 6.89. The van der Waals surface area contributed by atoms with Crippen LogP contribution in [0.3, 0.4) is 0 Å². The summed E-state index contributed by atoms with van der Waals surface area (Å²) in [6.07, 6.45) is 5.22. The highest BCUT2D eigenvalue weighted by Gasteiger charge is 2.31. The second kappa shape index (κ2) is 7.19. The van der Waals surface area contributed by atoms with Crippen molar-refractivity contribution in [2.75, 3.05) is 13.6 Å². The standard InChI is InChI=1S/C17H29N3/c1-4-14-8-9-15(11-18)17(10-14)20(3)12-16-7-5-6-13(2)19-16/h5-7,14-15,17H,4,8-12,18H2,1-3H3. The van der Waals surface area contributed by atoms with Crippen LogP contribution in [0.4, 0.5) is 0 Å². The first-order valence-electron chi connectivity index (χ1n) is 7.96. The van der Waals surface area contributed by atoms with Crippen molar-refractivity contribution in [2.45, 2.75) is 52.1 Å². The Labute approximate surface area is 123 Å². The summed E-state index contributed by atoms with van der Waals surface area (Å²) in [6.45, 7) is 6.11. The van der Waals surface area contributed by atoms with Gasteiger partial charge in [-0.05, 0) is 57.3 Å². The molecule has 0 radical (unpaired) electrons. The number of pyridine rings is 1. The van der Waals surface area contributed by atoms with Gasteiger partial charge in [0.25, 0.3) is 0 Å². The molecule has 1 saturated carbocycles. The molecule has 0 saturated heterocycles. The van der Waals surface area contributed by atoms with Gasteiger partial charge in [0.2, 0.25) is 0 Å². The Morgan fingerprint density at radius 1 is 1.35 bits per heavy atom. The molecule has 1 aliphatic rings. The van der Waals surface area contributed by atoms with E-state index in [1.54, 1.807) is 0 Å². The van der Waals surface area contributed by atoms with Crippen molar-refractivity contribution in [1.29, 1.82) is 0 Å². The van der Waals surface area contributed by atoms with Crippen molar-refractivity contribution in [3.05, 3.63) is 29.6 Å². The van der Waals surface area contributed by atoms with E-state index in [9.17, 15) is 0 Å². The van der Waals surface area contributed by atoms with Crippen LogP contribution in [0, 0.1) is 18.8 Å². The zero-order valence-electron chi connectivity index (χ0n) is 13.2. The first kappa shape index (κ1) is 15.5. The molecule has 20 heavy (non-hydrogen) atoms. The summed E-state index contributed by atoms with van der Waals surface area (Å²) in [5.74, 6) is 1.52. The van der Waals surface area contributed by atoms with Gasteiger partial charge in [-0.25, -0.2) is 0 Å². The summed E-state index contributed by atoms with van der Waals surface area (Å²) in [4.78, 5) is 7.10. The van der Waals surface area contributed by atoms with Gasteiger partial charge in [-0.2, -0.15) is 0 Å². The smallest absolute Gasteiger partial charge is 0.0547 e. The predicted octanol–water partition coefficient (Wildman–Crippen LogP) is 2.98. The van der Waals surface area contributed by atoms with E-state index in [0.29, 0.717) is 12.0 Å². The first-order valence-corrected chi connectivity index (χ1v) is 7.96. The maximum absolute atomic E-state index is 5.99. The maximum Gasteiger partial charge on any atom is 0.0547 e. The largest absolute Gasteiger partial charge is 0.330 e. The quantitative estimate of drug-likeness (QED) is 0.898. The highest BCUT2D eigenvalue weighted by atomic mass is 15.1. The van der Waals surface area contributed by atoms with E-state index in [0.717, 1.165) is 24.7 Å². The lowest BCUT2D eigenvalue weighted by Crippen LogP contribution is -2.44. The molecule has 1 aromatic rings. The summed E-state index contributed by atoms with van der Waals surface area (Å²) in [7, 11) is 2.23. The van der Waals surface area contributed by atoms with Crippen LogP contribution >= 0.6 is 0 Å². The van der Waals surface area contributed by atoms with E-state index in [-0.39, 0.29) is 0 Å². The zero-order chi connectivity index (χ0) is 14.5. The van der Waals surface area contributed by atoms with Crippen molar-refractivity contribution >= 4 is 0 Å². The normalized spacial score (nSPS) is 26.9. The molecular weight excluding hydrogens is 246 g/mol. The van der Waals surface area contributed by atoms with Gasteiger partial charge in [0.1, 0.15) is 0 Å². The van der Waals surface area contributed by atoms with E-state index in [1.807, 2.05) is 0 Å². The van der Waals surface area contributed by atoms with E-state index >= 15 is 0 Å². The van der Waals surface area contributed by atoms with Gasteiger partial charge in [-0.15, -0.1) is 0 Å². The molecule has 0 aromatic carbocycles. The summed E-state index contributed by atoms with van der Waals surface area (Å²) in [5, 5.41) is 0. The molecule has 0 spiro atoms. The summed E-state index contributed by atoms with van der Waals surface area (Å²) < 4.78 is 0. The van der Waals surface area contributed by atoms with Crippen molar-refractivity contribution in [3.63, 3.8) is 0 Å². The minimum Gasteiger partial charge on any atom is -0.330 e. The summed E-state index contributed by atoms with van der Waals surface area (Å²) >= 11 is 0. The van der Waals surface area contributed by atoms with Crippen LogP contribution in [0.5, 0.6) is 0 Å². The minimum absolute atomic E-state index is 0.612. The van der Waals surface area contributed by atoms with Gasteiger partial charge in [-0.3, -0.25) is 9.88 Å². The lowest BCUT2D eigenvalue weighted by Gasteiger charge is -2.40. The van der Waals surface area contributed by atoms with Crippen LogP contribution in [0.2, 0.25) is 0 Å². The zero-order valence-corrected chi connectivity index (χ0v) is 13.2. The van der Waals surface area contributed by atoms with Crippen LogP contribution in [-0.4, -0.2) is 29.5 Å². The van der Waals surface area contributed by atoms with Crippen LogP contribution < -0.4 is 5.73 Å². The third-order valence-electron chi connectivity index (χ3n) is 4.87. The predicted molar refractivity (Wildman–Crippen MR) is 84.4 cm³/mol. The molecule has 3 nitrogen and oxygen atoms in total. The van der Waals surface area contributed by atoms with Gasteiger partial charge in [0, 0.05) is 18.3 Å². The number of hydrogen-bond donors (Lipinski definition) is 1. The van der Waals surface area contributed by atoms with Gasteiger partial charge >= 0.3 is 0 Å². The number of rotatable bonds is 5. The molecule has 3 atom stereocenters. The highest BCUT2D eigenvalue weighted by Crippen LogP contribution is 2.33. The van der Waals surface area contributed by atoms with Gasteiger partial charge in [-0.1, -0.05) is 25.8 Å². The molecule has 1 heterocycles. The van der Waals surface area contributed by atoms with Crippen LogP contribution in [0.1, 0.15) is 44.0 Å². The van der Waals surface area contributed by atoms with Crippen molar-refractivity contribution < 1.29 is 0 Å². The molecule has 3 heteroatoms. The molecule has 0 amide bonds. The fourth-order valence-electron chi connectivity index (χ4n) is 3.54. The summed E-state index contributed by atoms with van der Waals surface area (Å²) in [5.41, 5.74) is 8.26. The van der Waals surface area contributed by atoms with Gasteiger partial charge < -0.3 is 5.73 Å². The topological polar surface area (TPSA) is 42.1 Å². The van der Waals surface area contributed by atoms with E-state index in [2.05, 4.69) is 49.0 Å². The van der Waals surface area contributed by atoms with Crippen LogP contribution in [0.15, 0.2) is 18.2 Å². The third kappa shape index (κ3) is 3.80. The van der Waals surface area contributed by atoms with Crippen molar-refractivity contribution in [2.24, 2.45) is 17.6 Å². The average Bonchev–Trinajstić information content (AvgIpc) is 2.46. The average molecular weight is 275 g/mol. The number of nitrogens with zero attached hydrogens (tertiary/aromatic N) is 2. The fourth-order valence-corrected chi connectivity index (χ4v) is 3.54. The molecule has 0 bridgehead atoms. The lowest BCUT2D eigenvalue weighted by molar-refractivity contribution is 0.0955. The minimum atomic E-state index is 0.612. The van der Waals surface area contributed by atoms with E-state index in [1.165, 1.54) is 31.4 Å². The van der Waals surface area contributed by atoms with E-state index in [4.69, 9.17) is 5.73 Å².